The third kappa shape index (κ3) is 3.13. The monoisotopic (exact) mass is 300 g/mol. The molecule has 0 spiro atoms. The molecule has 4 nitrogen and oxygen atoms in total. The molecule has 1 atom stereocenters. The van der Waals surface area contributed by atoms with Crippen molar-refractivity contribution in [2.75, 3.05) is 0 Å². The van der Waals surface area contributed by atoms with Gasteiger partial charge < -0.3 is 9.73 Å². The molecule has 1 N–H and O–H groups in total. The van der Waals surface area contributed by atoms with Crippen LogP contribution in [0, 0.1) is 6.92 Å². The van der Waals surface area contributed by atoms with Gasteiger partial charge in [-0.2, -0.15) is 0 Å². The summed E-state index contributed by atoms with van der Waals surface area (Å²) in [7, 11) is 0. The van der Waals surface area contributed by atoms with Crippen molar-refractivity contribution in [1.29, 1.82) is 0 Å². The number of aryl methyl sites for hydroxylation is 1. The van der Waals surface area contributed by atoms with Crippen LogP contribution in [0.4, 0.5) is 0 Å². The van der Waals surface area contributed by atoms with E-state index < -0.39 is 0 Å². The molecule has 2 heterocycles. The average molecular weight is 300 g/mol. The number of fused-ring (bicyclic) bond motifs is 1. The molecule has 0 aliphatic rings. The van der Waals surface area contributed by atoms with Crippen molar-refractivity contribution in [3.63, 3.8) is 0 Å². The van der Waals surface area contributed by atoms with Crippen molar-refractivity contribution >= 4 is 28.2 Å². The summed E-state index contributed by atoms with van der Waals surface area (Å²) < 4.78 is 5.76. The van der Waals surface area contributed by atoms with E-state index >= 15 is 0 Å². The summed E-state index contributed by atoms with van der Waals surface area (Å²) in [5.41, 5.74) is 1.65. The number of carbonyl (C=O) groups is 1. The van der Waals surface area contributed by atoms with Gasteiger partial charge in [-0.05, 0) is 26.0 Å². The van der Waals surface area contributed by atoms with E-state index in [9.17, 15) is 4.79 Å². The molecule has 0 saturated heterocycles. The zero-order chi connectivity index (χ0) is 14.8. The van der Waals surface area contributed by atoms with Gasteiger partial charge in [-0.1, -0.05) is 18.2 Å². The molecule has 1 amide bonds. The van der Waals surface area contributed by atoms with Crippen molar-refractivity contribution in [3.05, 3.63) is 52.2 Å². The molecule has 21 heavy (non-hydrogen) atoms. The van der Waals surface area contributed by atoms with Crippen LogP contribution in [0.15, 0.2) is 40.1 Å². The summed E-state index contributed by atoms with van der Waals surface area (Å²) in [5.74, 6) is 0.715. The second-order valence-electron chi connectivity index (χ2n) is 5.01. The van der Waals surface area contributed by atoms with Crippen LogP contribution in [0.5, 0.6) is 0 Å². The Hall–Kier alpha value is -2.14. The molecule has 0 radical (unpaired) electrons. The second kappa shape index (κ2) is 5.69. The Morgan fingerprint density at radius 3 is 2.95 bits per heavy atom. The van der Waals surface area contributed by atoms with Crippen LogP contribution in [0.25, 0.3) is 11.0 Å². The minimum Gasteiger partial charge on any atom is -0.459 e. The zero-order valence-electron chi connectivity index (χ0n) is 11.9. The van der Waals surface area contributed by atoms with E-state index in [1.165, 1.54) is 0 Å². The molecule has 3 aromatic rings. The predicted octanol–water partition coefficient (Wildman–Crippen LogP) is 3.62. The maximum absolute atomic E-state index is 12.0. The van der Waals surface area contributed by atoms with Gasteiger partial charge >= 0.3 is 0 Å². The van der Waals surface area contributed by atoms with Gasteiger partial charge in [-0.15, -0.1) is 11.3 Å². The lowest BCUT2D eigenvalue weighted by Gasteiger charge is -2.10. The van der Waals surface area contributed by atoms with Crippen molar-refractivity contribution < 1.29 is 9.21 Å². The molecule has 0 aliphatic carbocycles. The van der Waals surface area contributed by atoms with Crippen LogP contribution >= 0.6 is 11.3 Å². The van der Waals surface area contributed by atoms with Crippen molar-refractivity contribution in [2.24, 2.45) is 0 Å². The molecular formula is C16H16N2O2S. The fraction of sp³-hybridized carbons (Fsp3) is 0.250. The molecular weight excluding hydrogens is 284 g/mol. The molecule has 2 aromatic heterocycles. The number of aromatic nitrogens is 1. The van der Waals surface area contributed by atoms with Crippen molar-refractivity contribution in [3.8, 4) is 0 Å². The highest BCUT2D eigenvalue weighted by molar-refractivity contribution is 7.09. The fourth-order valence-electron chi connectivity index (χ4n) is 2.23. The Labute approximate surface area is 126 Å². The summed E-state index contributed by atoms with van der Waals surface area (Å²) in [5, 5.41) is 6.88. The Morgan fingerprint density at radius 1 is 1.43 bits per heavy atom. The zero-order valence-corrected chi connectivity index (χ0v) is 12.7. The van der Waals surface area contributed by atoms with Gasteiger partial charge in [-0.25, -0.2) is 4.98 Å². The van der Waals surface area contributed by atoms with E-state index in [1.807, 2.05) is 49.6 Å². The number of nitrogens with one attached hydrogen (secondary N) is 1. The number of para-hydroxylation sites is 1. The molecule has 1 unspecified atom stereocenters. The minimum absolute atomic E-state index is 0.0479. The lowest BCUT2D eigenvalue weighted by Crippen LogP contribution is -2.27. The van der Waals surface area contributed by atoms with Crippen molar-refractivity contribution in [1.82, 2.24) is 10.3 Å². The first-order chi connectivity index (χ1) is 10.1. The van der Waals surface area contributed by atoms with Gasteiger partial charge in [0.05, 0.1) is 23.2 Å². The Morgan fingerprint density at radius 2 is 2.24 bits per heavy atom. The number of carbonyl (C=O) groups excluding carboxylic acids is 1. The first-order valence-electron chi connectivity index (χ1n) is 6.80. The summed E-state index contributed by atoms with van der Waals surface area (Å²) in [6, 6.07) is 9.62. The van der Waals surface area contributed by atoms with E-state index in [0.717, 1.165) is 27.4 Å². The summed E-state index contributed by atoms with van der Waals surface area (Å²) in [6.07, 6.45) is 0.301. The molecule has 108 valence electrons. The molecule has 1 aromatic carbocycles. The number of thiazole rings is 1. The van der Waals surface area contributed by atoms with Gasteiger partial charge in [0.15, 0.2) is 0 Å². The molecule has 5 heteroatoms. The first-order valence-corrected chi connectivity index (χ1v) is 7.68. The SMILES string of the molecule is Cc1nc(CC(=O)NC(C)c2cc3ccccc3o2)cs1. The van der Waals surface area contributed by atoms with Gasteiger partial charge in [0.2, 0.25) is 5.91 Å². The number of benzene rings is 1. The van der Waals surface area contributed by atoms with Crippen LogP contribution in [-0.4, -0.2) is 10.9 Å². The van der Waals surface area contributed by atoms with Gasteiger partial charge in [0, 0.05) is 10.8 Å². The maximum atomic E-state index is 12.0. The van der Waals surface area contributed by atoms with Crippen LogP contribution < -0.4 is 5.32 Å². The highest BCUT2D eigenvalue weighted by atomic mass is 32.1. The first kappa shape index (κ1) is 13.8. The number of furan rings is 1. The smallest absolute Gasteiger partial charge is 0.226 e. The van der Waals surface area contributed by atoms with Gasteiger partial charge in [0.25, 0.3) is 0 Å². The van der Waals surface area contributed by atoms with Gasteiger partial charge in [0.1, 0.15) is 11.3 Å². The lowest BCUT2D eigenvalue weighted by atomic mass is 10.2. The third-order valence-electron chi connectivity index (χ3n) is 3.26. The highest BCUT2D eigenvalue weighted by Gasteiger charge is 2.15. The largest absolute Gasteiger partial charge is 0.459 e. The quantitative estimate of drug-likeness (QED) is 0.800. The number of hydrogen-bond donors (Lipinski definition) is 1. The van der Waals surface area contributed by atoms with E-state index in [1.54, 1.807) is 11.3 Å². The molecule has 0 aliphatic heterocycles. The third-order valence-corrected chi connectivity index (χ3v) is 4.08. The van der Waals surface area contributed by atoms with E-state index in [0.29, 0.717) is 6.42 Å². The average Bonchev–Trinajstić information content (AvgIpc) is 3.04. The summed E-state index contributed by atoms with van der Waals surface area (Å²) in [4.78, 5) is 16.3. The summed E-state index contributed by atoms with van der Waals surface area (Å²) >= 11 is 1.56. The lowest BCUT2D eigenvalue weighted by molar-refractivity contribution is -0.121. The Bertz CT molecular complexity index is 742. The molecule has 3 rings (SSSR count). The normalized spacial score (nSPS) is 12.5. The maximum Gasteiger partial charge on any atom is 0.226 e. The van der Waals surface area contributed by atoms with Gasteiger partial charge in [-0.3, -0.25) is 4.79 Å². The standard InChI is InChI=1S/C16H16N2O2S/c1-10(15-7-12-5-3-4-6-14(12)20-15)17-16(19)8-13-9-21-11(2)18-13/h3-7,9-10H,8H2,1-2H3,(H,17,19). The van der Waals surface area contributed by atoms with E-state index in [2.05, 4.69) is 10.3 Å². The molecule has 0 fully saturated rings. The van der Waals surface area contributed by atoms with Crippen molar-refractivity contribution in [2.45, 2.75) is 26.3 Å². The Balaban J connectivity index is 1.67. The van der Waals surface area contributed by atoms with Crippen LogP contribution in [-0.2, 0) is 11.2 Å². The topological polar surface area (TPSA) is 55.1 Å². The van der Waals surface area contributed by atoms with Crippen LogP contribution in [0.1, 0.15) is 29.4 Å². The fourth-order valence-corrected chi connectivity index (χ4v) is 2.85. The Kier molecular flexibility index (Phi) is 3.75. The van der Waals surface area contributed by atoms with E-state index in [-0.39, 0.29) is 11.9 Å². The number of nitrogens with zero attached hydrogens (tertiary/aromatic N) is 1. The highest BCUT2D eigenvalue weighted by Crippen LogP contribution is 2.23. The number of hydrogen-bond acceptors (Lipinski definition) is 4. The van der Waals surface area contributed by atoms with Crippen LogP contribution in [0.2, 0.25) is 0 Å². The van der Waals surface area contributed by atoms with E-state index in [4.69, 9.17) is 4.42 Å². The minimum atomic E-state index is -0.162. The second-order valence-corrected chi connectivity index (χ2v) is 6.07. The molecule has 0 bridgehead atoms. The number of rotatable bonds is 4. The van der Waals surface area contributed by atoms with Crippen LogP contribution in [0.3, 0.4) is 0 Å². The summed E-state index contributed by atoms with van der Waals surface area (Å²) in [6.45, 7) is 3.85. The number of amides is 1. The molecule has 0 saturated carbocycles. The predicted molar refractivity (Wildman–Crippen MR) is 83.3 cm³/mol.